The van der Waals surface area contributed by atoms with E-state index < -0.39 is 5.97 Å². The zero-order valence-corrected chi connectivity index (χ0v) is 10.7. The van der Waals surface area contributed by atoms with Gasteiger partial charge in [-0.25, -0.2) is 4.79 Å². The fourth-order valence-electron chi connectivity index (χ4n) is 1.68. The van der Waals surface area contributed by atoms with E-state index in [0.29, 0.717) is 11.5 Å². The molecule has 0 aliphatic heterocycles. The van der Waals surface area contributed by atoms with Gasteiger partial charge >= 0.3 is 5.97 Å². The second-order valence-electron chi connectivity index (χ2n) is 4.34. The van der Waals surface area contributed by atoms with Crippen molar-refractivity contribution in [2.45, 2.75) is 13.8 Å². The largest absolute Gasteiger partial charge is 0.508 e. The summed E-state index contributed by atoms with van der Waals surface area (Å²) in [7, 11) is 0. The molecule has 0 saturated carbocycles. The Bertz CT molecular complexity index is 615. The van der Waals surface area contributed by atoms with Gasteiger partial charge in [0.05, 0.1) is 5.56 Å². The number of carbonyl (C=O) groups is 1. The molecule has 0 aliphatic rings. The van der Waals surface area contributed by atoms with Crippen molar-refractivity contribution >= 4 is 5.97 Å². The van der Waals surface area contributed by atoms with Gasteiger partial charge in [0.1, 0.15) is 17.2 Å². The van der Waals surface area contributed by atoms with Gasteiger partial charge in [0, 0.05) is 0 Å². The van der Waals surface area contributed by atoms with E-state index >= 15 is 0 Å². The van der Waals surface area contributed by atoms with Crippen molar-refractivity contribution in [3.8, 4) is 17.2 Å². The molecule has 0 aromatic heterocycles. The maximum Gasteiger partial charge on any atom is 0.335 e. The molecule has 0 bridgehead atoms. The highest BCUT2D eigenvalue weighted by atomic mass is 16.5. The molecule has 4 heteroatoms. The first-order valence-electron chi connectivity index (χ1n) is 5.79. The van der Waals surface area contributed by atoms with Gasteiger partial charge in [0.2, 0.25) is 0 Å². The maximum atomic E-state index is 10.7. The van der Waals surface area contributed by atoms with E-state index in [9.17, 15) is 9.90 Å². The highest BCUT2D eigenvalue weighted by Crippen LogP contribution is 2.30. The number of ether oxygens (including phenoxy) is 1. The first kappa shape index (κ1) is 13.0. The van der Waals surface area contributed by atoms with E-state index in [0.717, 1.165) is 11.1 Å². The molecule has 2 N–H and O–H groups in total. The van der Waals surface area contributed by atoms with Crippen LogP contribution in [0.2, 0.25) is 0 Å². The number of aromatic hydroxyl groups is 1. The molecule has 0 atom stereocenters. The highest BCUT2D eigenvalue weighted by molar-refractivity contribution is 5.87. The molecule has 0 radical (unpaired) electrons. The minimum Gasteiger partial charge on any atom is -0.508 e. The van der Waals surface area contributed by atoms with Gasteiger partial charge in [-0.15, -0.1) is 0 Å². The topological polar surface area (TPSA) is 66.8 Å². The summed E-state index contributed by atoms with van der Waals surface area (Å²) in [5.41, 5.74) is 1.75. The summed E-state index contributed by atoms with van der Waals surface area (Å²) in [6.45, 7) is 3.62. The first-order chi connectivity index (χ1) is 8.97. The molecule has 4 nitrogen and oxygen atoms in total. The Balaban J connectivity index is 2.26. The van der Waals surface area contributed by atoms with Gasteiger partial charge in [-0.05, 0) is 61.4 Å². The van der Waals surface area contributed by atoms with Crippen molar-refractivity contribution in [1.82, 2.24) is 0 Å². The number of phenols is 1. The Kier molecular flexibility index (Phi) is 3.42. The van der Waals surface area contributed by atoms with Crippen LogP contribution in [0, 0.1) is 13.8 Å². The number of rotatable bonds is 3. The number of aromatic carboxylic acids is 1. The number of aryl methyl sites for hydroxylation is 2. The highest BCUT2D eigenvalue weighted by Gasteiger charge is 2.07. The van der Waals surface area contributed by atoms with Crippen LogP contribution in [0.5, 0.6) is 17.2 Å². The lowest BCUT2D eigenvalue weighted by molar-refractivity contribution is 0.0697. The molecule has 0 saturated heterocycles. The van der Waals surface area contributed by atoms with Gasteiger partial charge in [-0.3, -0.25) is 0 Å². The van der Waals surface area contributed by atoms with Crippen LogP contribution in [0.4, 0.5) is 0 Å². The molecular weight excluding hydrogens is 244 g/mol. The van der Waals surface area contributed by atoms with Gasteiger partial charge in [-0.1, -0.05) is 0 Å². The molecule has 0 fully saturated rings. The fraction of sp³-hybridized carbons (Fsp3) is 0.133. The molecule has 0 unspecified atom stereocenters. The number of phenolic OH excluding ortho intramolecular Hbond substituents is 1. The standard InChI is InChI=1S/C15H14O4/c1-9-8-14(10(2)7-13(9)16)19-12-5-3-11(4-6-12)15(17)18/h3-8,16H,1-2H3,(H,17,18). The Morgan fingerprint density at radius 2 is 1.68 bits per heavy atom. The minimum atomic E-state index is -0.969. The van der Waals surface area contributed by atoms with Crippen LogP contribution in [0.3, 0.4) is 0 Å². The Morgan fingerprint density at radius 1 is 1.05 bits per heavy atom. The number of benzene rings is 2. The summed E-state index contributed by atoms with van der Waals surface area (Å²) in [5, 5.41) is 18.4. The Morgan fingerprint density at radius 3 is 2.26 bits per heavy atom. The van der Waals surface area contributed by atoms with E-state index in [4.69, 9.17) is 9.84 Å². The lowest BCUT2D eigenvalue weighted by Gasteiger charge is -2.10. The smallest absolute Gasteiger partial charge is 0.335 e. The first-order valence-corrected chi connectivity index (χ1v) is 5.79. The fourth-order valence-corrected chi connectivity index (χ4v) is 1.68. The molecule has 0 aliphatic carbocycles. The summed E-state index contributed by atoms with van der Waals surface area (Å²) < 4.78 is 5.68. The van der Waals surface area contributed by atoms with E-state index in [1.807, 2.05) is 6.92 Å². The summed E-state index contributed by atoms with van der Waals surface area (Å²) in [4.78, 5) is 10.7. The van der Waals surface area contributed by atoms with E-state index in [2.05, 4.69) is 0 Å². The zero-order valence-electron chi connectivity index (χ0n) is 10.7. The number of carboxylic acid groups (broad SMARTS) is 1. The van der Waals surface area contributed by atoms with Crippen LogP contribution in [0.1, 0.15) is 21.5 Å². The summed E-state index contributed by atoms with van der Waals surface area (Å²) in [6, 6.07) is 9.56. The van der Waals surface area contributed by atoms with Crippen molar-refractivity contribution in [2.75, 3.05) is 0 Å². The third kappa shape index (κ3) is 2.85. The molecule has 19 heavy (non-hydrogen) atoms. The monoisotopic (exact) mass is 258 g/mol. The van der Waals surface area contributed by atoms with Crippen LogP contribution in [-0.4, -0.2) is 16.2 Å². The maximum absolute atomic E-state index is 10.7. The minimum absolute atomic E-state index is 0.214. The number of hydrogen-bond acceptors (Lipinski definition) is 3. The predicted octanol–water partition coefficient (Wildman–Crippen LogP) is 3.50. The van der Waals surface area contributed by atoms with Gasteiger partial charge in [0.15, 0.2) is 0 Å². The lowest BCUT2D eigenvalue weighted by atomic mass is 10.1. The molecule has 0 heterocycles. The van der Waals surface area contributed by atoms with Crippen molar-refractivity contribution in [3.05, 3.63) is 53.1 Å². The lowest BCUT2D eigenvalue weighted by Crippen LogP contribution is -1.95. The Labute approximate surface area is 110 Å². The molecule has 0 amide bonds. The molecular formula is C15H14O4. The van der Waals surface area contributed by atoms with Crippen LogP contribution in [-0.2, 0) is 0 Å². The molecule has 98 valence electrons. The van der Waals surface area contributed by atoms with E-state index in [1.165, 1.54) is 12.1 Å². The summed E-state index contributed by atoms with van der Waals surface area (Å²) in [6.07, 6.45) is 0. The third-order valence-electron chi connectivity index (χ3n) is 2.82. The van der Waals surface area contributed by atoms with Gasteiger partial charge in [-0.2, -0.15) is 0 Å². The van der Waals surface area contributed by atoms with E-state index in [-0.39, 0.29) is 11.3 Å². The number of hydrogen-bond donors (Lipinski definition) is 2. The SMILES string of the molecule is Cc1cc(Oc2ccc(C(=O)O)cc2)c(C)cc1O. The Hall–Kier alpha value is -2.49. The second-order valence-corrected chi connectivity index (χ2v) is 4.34. The summed E-state index contributed by atoms with van der Waals surface area (Å²) in [5.74, 6) is 0.450. The molecule has 2 rings (SSSR count). The zero-order chi connectivity index (χ0) is 14.0. The van der Waals surface area contributed by atoms with Crippen molar-refractivity contribution < 1.29 is 19.7 Å². The molecule has 0 spiro atoms. The predicted molar refractivity (Wildman–Crippen MR) is 71.1 cm³/mol. The summed E-state index contributed by atoms with van der Waals surface area (Å²) >= 11 is 0. The quantitative estimate of drug-likeness (QED) is 0.884. The van der Waals surface area contributed by atoms with Crippen molar-refractivity contribution in [1.29, 1.82) is 0 Å². The van der Waals surface area contributed by atoms with Gasteiger partial charge < -0.3 is 14.9 Å². The second kappa shape index (κ2) is 5.02. The van der Waals surface area contributed by atoms with Gasteiger partial charge in [0.25, 0.3) is 0 Å². The average molecular weight is 258 g/mol. The van der Waals surface area contributed by atoms with Crippen molar-refractivity contribution in [3.63, 3.8) is 0 Å². The molecule has 2 aromatic rings. The van der Waals surface area contributed by atoms with E-state index in [1.54, 1.807) is 31.2 Å². The van der Waals surface area contributed by atoms with Crippen LogP contribution in [0.25, 0.3) is 0 Å². The van der Waals surface area contributed by atoms with Crippen molar-refractivity contribution in [2.24, 2.45) is 0 Å². The van der Waals surface area contributed by atoms with Crippen LogP contribution < -0.4 is 4.74 Å². The van der Waals surface area contributed by atoms with Crippen LogP contribution in [0.15, 0.2) is 36.4 Å². The normalized spacial score (nSPS) is 10.2. The number of carboxylic acids is 1. The third-order valence-corrected chi connectivity index (χ3v) is 2.82. The van der Waals surface area contributed by atoms with Crippen LogP contribution >= 0.6 is 0 Å². The molecule has 2 aromatic carbocycles. The average Bonchev–Trinajstić information content (AvgIpc) is 2.36.